The van der Waals surface area contributed by atoms with Crippen molar-refractivity contribution in [2.45, 2.75) is 57.7 Å². The summed E-state index contributed by atoms with van der Waals surface area (Å²) in [5.41, 5.74) is 7.94. The first-order valence-electron chi connectivity index (χ1n) is 10.9. The lowest BCUT2D eigenvalue weighted by Gasteiger charge is -2.24. The van der Waals surface area contributed by atoms with Gasteiger partial charge in [-0.3, -0.25) is 9.59 Å². The molecule has 2 aromatic rings. The molecule has 3 atom stereocenters. The van der Waals surface area contributed by atoms with Crippen LogP contribution in [0.5, 0.6) is 0 Å². The Hall–Kier alpha value is -3.19. The smallest absolute Gasteiger partial charge is 0.326 e. The monoisotopic (exact) mass is 439 g/mol. The van der Waals surface area contributed by atoms with Crippen LogP contribution in [0.1, 0.15) is 37.8 Å². The molecule has 0 radical (unpaired) electrons. The van der Waals surface area contributed by atoms with Gasteiger partial charge in [0.15, 0.2) is 0 Å². The predicted octanol–water partition coefficient (Wildman–Crippen LogP) is 2.29. The summed E-state index contributed by atoms with van der Waals surface area (Å²) in [5, 5.41) is 14.9. The number of rotatable bonds is 12. The molecule has 172 valence electrons. The number of amides is 2. The van der Waals surface area contributed by atoms with E-state index in [2.05, 4.69) is 10.6 Å². The maximum absolute atomic E-state index is 12.9. The summed E-state index contributed by atoms with van der Waals surface area (Å²) in [4.78, 5) is 37.2. The Balaban J connectivity index is 1.99. The Morgan fingerprint density at radius 1 is 0.844 bits per heavy atom. The minimum absolute atomic E-state index is 0.115. The van der Waals surface area contributed by atoms with Crippen molar-refractivity contribution in [2.75, 3.05) is 0 Å². The number of carboxylic acids is 1. The molecule has 0 bridgehead atoms. The number of nitrogens with two attached hydrogens (primary N) is 1. The minimum Gasteiger partial charge on any atom is -0.480 e. The number of hydrogen-bond donors (Lipinski definition) is 4. The maximum Gasteiger partial charge on any atom is 0.326 e. The molecule has 0 aliphatic carbocycles. The van der Waals surface area contributed by atoms with Gasteiger partial charge in [-0.1, -0.05) is 74.5 Å². The van der Waals surface area contributed by atoms with Crippen LogP contribution in [0, 0.1) is 5.92 Å². The largest absolute Gasteiger partial charge is 0.480 e. The summed E-state index contributed by atoms with van der Waals surface area (Å²) in [7, 11) is 0. The van der Waals surface area contributed by atoms with Crippen molar-refractivity contribution in [2.24, 2.45) is 11.7 Å². The molecule has 32 heavy (non-hydrogen) atoms. The van der Waals surface area contributed by atoms with Crippen molar-refractivity contribution < 1.29 is 19.5 Å². The molecular formula is C25H33N3O4. The molecule has 0 heterocycles. The van der Waals surface area contributed by atoms with Crippen molar-refractivity contribution >= 4 is 17.8 Å². The third-order valence-electron chi connectivity index (χ3n) is 5.16. The van der Waals surface area contributed by atoms with Crippen LogP contribution in [0.2, 0.25) is 0 Å². The molecule has 7 heteroatoms. The van der Waals surface area contributed by atoms with Crippen molar-refractivity contribution in [3.8, 4) is 0 Å². The predicted molar refractivity (Wildman–Crippen MR) is 124 cm³/mol. The van der Waals surface area contributed by atoms with Crippen LogP contribution in [-0.4, -0.2) is 41.0 Å². The minimum atomic E-state index is -1.13. The quantitative estimate of drug-likeness (QED) is 0.404. The van der Waals surface area contributed by atoms with Crippen LogP contribution in [0.3, 0.4) is 0 Å². The first-order chi connectivity index (χ1) is 15.3. The van der Waals surface area contributed by atoms with Gasteiger partial charge in [0, 0.05) is 6.42 Å². The van der Waals surface area contributed by atoms with Gasteiger partial charge in [0.25, 0.3) is 0 Å². The second-order valence-electron chi connectivity index (χ2n) is 8.41. The highest BCUT2D eigenvalue weighted by atomic mass is 16.4. The molecule has 0 unspecified atom stereocenters. The van der Waals surface area contributed by atoms with Crippen LogP contribution in [0.15, 0.2) is 60.7 Å². The van der Waals surface area contributed by atoms with E-state index in [1.54, 1.807) is 12.1 Å². The summed E-state index contributed by atoms with van der Waals surface area (Å²) in [6.45, 7) is 3.86. The van der Waals surface area contributed by atoms with Crippen LogP contribution < -0.4 is 16.4 Å². The zero-order valence-corrected chi connectivity index (χ0v) is 18.7. The highest BCUT2D eigenvalue weighted by molar-refractivity contribution is 5.91. The highest BCUT2D eigenvalue weighted by Gasteiger charge is 2.28. The lowest BCUT2D eigenvalue weighted by Crippen LogP contribution is -2.55. The number of carbonyl (C=O) groups excluding carboxylic acids is 2. The first-order valence-corrected chi connectivity index (χ1v) is 10.9. The van der Waals surface area contributed by atoms with Crippen molar-refractivity contribution in [1.82, 2.24) is 10.6 Å². The summed E-state index contributed by atoms with van der Waals surface area (Å²) in [6, 6.07) is 16.1. The topological polar surface area (TPSA) is 122 Å². The van der Waals surface area contributed by atoms with Gasteiger partial charge in [-0.05, 0) is 36.3 Å². The van der Waals surface area contributed by atoms with Crippen LogP contribution >= 0.6 is 0 Å². The van der Waals surface area contributed by atoms with E-state index in [-0.39, 0.29) is 12.3 Å². The fraction of sp³-hybridized carbons (Fsp3) is 0.400. The fourth-order valence-electron chi connectivity index (χ4n) is 3.40. The normalized spacial score (nSPS) is 13.8. The van der Waals surface area contributed by atoms with Gasteiger partial charge in [-0.2, -0.15) is 0 Å². The van der Waals surface area contributed by atoms with E-state index in [1.807, 2.05) is 62.4 Å². The molecular weight excluding hydrogens is 406 g/mol. The van der Waals surface area contributed by atoms with Crippen molar-refractivity contribution in [3.63, 3.8) is 0 Å². The molecule has 5 N–H and O–H groups in total. The molecule has 2 aromatic carbocycles. The van der Waals surface area contributed by atoms with E-state index in [0.29, 0.717) is 19.3 Å². The second kappa shape index (κ2) is 12.6. The second-order valence-corrected chi connectivity index (χ2v) is 8.41. The Morgan fingerprint density at radius 3 is 1.91 bits per heavy atom. The van der Waals surface area contributed by atoms with E-state index in [0.717, 1.165) is 11.1 Å². The lowest BCUT2D eigenvalue weighted by molar-refractivity contribution is -0.142. The summed E-state index contributed by atoms with van der Waals surface area (Å²) in [5.74, 6) is -1.96. The van der Waals surface area contributed by atoms with E-state index < -0.39 is 35.9 Å². The SMILES string of the molecule is CC(C)C[C@H](NC(=O)[C@@H](N)CCc1ccccc1)C(=O)N[C@@H](Cc1ccccc1)C(=O)O. The maximum atomic E-state index is 12.9. The van der Waals surface area contributed by atoms with Crippen LogP contribution in [0.4, 0.5) is 0 Å². The molecule has 0 saturated carbocycles. The zero-order chi connectivity index (χ0) is 23.5. The molecule has 0 fully saturated rings. The molecule has 2 amide bonds. The number of benzene rings is 2. The standard InChI is InChI=1S/C25H33N3O4/c1-17(2)15-21(27-23(29)20(26)14-13-18-9-5-3-6-10-18)24(30)28-22(25(31)32)16-19-11-7-4-8-12-19/h3-12,17,20-22H,13-16,26H2,1-2H3,(H,27,29)(H,28,30)(H,31,32)/t20-,21-,22-/m0/s1. The lowest BCUT2D eigenvalue weighted by atomic mass is 10.00. The average molecular weight is 440 g/mol. The van der Waals surface area contributed by atoms with Gasteiger partial charge in [-0.25, -0.2) is 4.79 Å². The Bertz CT molecular complexity index is 871. The number of aliphatic carboxylic acids is 1. The zero-order valence-electron chi connectivity index (χ0n) is 18.7. The summed E-state index contributed by atoms with van der Waals surface area (Å²) in [6.07, 6.45) is 1.62. The Morgan fingerprint density at radius 2 is 1.38 bits per heavy atom. The number of hydrogen-bond acceptors (Lipinski definition) is 4. The number of aryl methyl sites for hydroxylation is 1. The summed E-state index contributed by atoms with van der Waals surface area (Å²) < 4.78 is 0. The molecule has 0 spiro atoms. The third-order valence-corrected chi connectivity index (χ3v) is 5.16. The summed E-state index contributed by atoms with van der Waals surface area (Å²) >= 11 is 0. The highest BCUT2D eigenvalue weighted by Crippen LogP contribution is 2.09. The molecule has 0 aromatic heterocycles. The molecule has 2 rings (SSSR count). The van der Waals surface area contributed by atoms with Crippen LogP contribution in [-0.2, 0) is 27.2 Å². The average Bonchev–Trinajstić information content (AvgIpc) is 2.77. The van der Waals surface area contributed by atoms with Gasteiger partial charge < -0.3 is 21.5 Å². The number of carbonyl (C=O) groups is 3. The fourth-order valence-corrected chi connectivity index (χ4v) is 3.40. The van der Waals surface area contributed by atoms with Gasteiger partial charge >= 0.3 is 5.97 Å². The van der Waals surface area contributed by atoms with Gasteiger partial charge in [0.1, 0.15) is 12.1 Å². The van der Waals surface area contributed by atoms with Crippen molar-refractivity contribution in [3.05, 3.63) is 71.8 Å². The molecule has 0 saturated heterocycles. The first kappa shape index (κ1) is 25.1. The van der Waals surface area contributed by atoms with E-state index in [4.69, 9.17) is 5.73 Å². The van der Waals surface area contributed by atoms with Gasteiger partial charge in [0.2, 0.25) is 11.8 Å². The van der Waals surface area contributed by atoms with E-state index in [1.165, 1.54) is 0 Å². The number of nitrogens with one attached hydrogen (secondary N) is 2. The Labute approximate surface area is 189 Å². The van der Waals surface area contributed by atoms with E-state index >= 15 is 0 Å². The number of carboxylic acid groups (broad SMARTS) is 1. The molecule has 0 aliphatic rings. The van der Waals surface area contributed by atoms with Gasteiger partial charge in [-0.15, -0.1) is 0 Å². The molecule has 0 aliphatic heterocycles. The van der Waals surface area contributed by atoms with Crippen LogP contribution in [0.25, 0.3) is 0 Å². The van der Waals surface area contributed by atoms with Gasteiger partial charge in [0.05, 0.1) is 6.04 Å². The van der Waals surface area contributed by atoms with Crippen molar-refractivity contribution in [1.29, 1.82) is 0 Å². The third kappa shape index (κ3) is 8.51. The van der Waals surface area contributed by atoms with E-state index in [9.17, 15) is 19.5 Å². The molecule has 7 nitrogen and oxygen atoms in total. The Kier molecular flexibility index (Phi) is 9.88.